The molecule has 7 heteroatoms. The van der Waals surface area contributed by atoms with Gasteiger partial charge in [0.1, 0.15) is 11.6 Å². The molecule has 0 aromatic carbocycles. The van der Waals surface area contributed by atoms with Gasteiger partial charge in [0.15, 0.2) is 0 Å². The van der Waals surface area contributed by atoms with Crippen LogP contribution < -0.4 is 10.2 Å². The van der Waals surface area contributed by atoms with E-state index in [1.165, 1.54) is 0 Å². The molecule has 0 atom stereocenters. The van der Waals surface area contributed by atoms with E-state index >= 15 is 0 Å². The Kier molecular flexibility index (Phi) is 6.66. The molecule has 2 aliphatic rings. The molecule has 5 heterocycles. The normalized spacial score (nSPS) is 18.4. The Hall–Kier alpha value is -2.77. The zero-order valence-corrected chi connectivity index (χ0v) is 20.6. The predicted octanol–water partition coefficient (Wildman–Crippen LogP) is 4.45. The van der Waals surface area contributed by atoms with Gasteiger partial charge in [-0.05, 0) is 42.5 Å². The number of hydrogen-bond acceptors (Lipinski definition) is 7. The summed E-state index contributed by atoms with van der Waals surface area (Å²) >= 11 is 0. The van der Waals surface area contributed by atoms with E-state index < -0.39 is 0 Å². The third-order valence-corrected chi connectivity index (χ3v) is 6.61. The van der Waals surface area contributed by atoms with Gasteiger partial charge in [-0.2, -0.15) is 0 Å². The molecule has 3 aromatic rings. The number of rotatable bonds is 5. The zero-order chi connectivity index (χ0) is 23.5. The smallest absolute Gasteiger partial charge is 0.137 e. The van der Waals surface area contributed by atoms with Gasteiger partial charge in [-0.3, -0.25) is 9.88 Å². The second kappa shape index (κ2) is 9.84. The van der Waals surface area contributed by atoms with Crippen molar-refractivity contribution < 1.29 is 4.74 Å². The number of piperazine rings is 1. The van der Waals surface area contributed by atoms with E-state index in [9.17, 15) is 0 Å². The number of anilines is 2. The van der Waals surface area contributed by atoms with Gasteiger partial charge in [-0.25, -0.2) is 9.97 Å². The van der Waals surface area contributed by atoms with Gasteiger partial charge >= 0.3 is 0 Å². The van der Waals surface area contributed by atoms with Gasteiger partial charge in [0.05, 0.1) is 5.69 Å². The fourth-order valence-corrected chi connectivity index (χ4v) is 4.98. The second-order valence-electron chi connectivity index (χ2n) is 10.7. The first-order chi connectivity index (χ1) is 16.4. The SMILES string of the molecule is CC(C)(C)CN1CCN(c2nc(-c3ccnc(NC4CCOCC4)c3)cc3cnccc23)CC1. The molecule has 0 radical (unpaired) electrons. The highest BCUT2D eigenvalue weighted by atomic mass is 16.5. The summed E-state index contributed by atoms with van der Waals surface area (Å²) in [4.78, 5) is 19.1. The molecule has 0 spiro atoms. The highest BCUT2D eigenvalue weighted by molar-refractivity contribution is 5.94. The molecular formula is C27H36N6O. The van der Waals surface area contributed by atoms with E-state index in [2.05, 4.69) is 64.1 Å². The third-order valence-electron chi connectivity index (χ3n) is 6.61. The van der Waals surface area contributed by atoms with Gasteiger partial charge in [-0.1, -0.05) is 20.8 Å². The number of fused-ring (bicyclic) bond motifs is 1. The summed E-state index contributed by atoms with van der Waals surface area (Å²) in [6.07, 6.45) is 7.71. The first kappa shape index (κ1) is 23.0. The van der Waals surface area contributed by atoms with Gasteiger partial charge in [0.2, 0.25) is 0 Å². The Morgan fingerprint density at radius 1 is 1.03 bits per heavy atom. The van der Waals surface area contributed by atoms with Crippen LogP contribution in [0, 0.1) is 5.41 Å². The highest BCUT2D eigenvalue weighted by Crippen LogP contribution is 2.31. The van der Waals surface area contributed by atoms with E-state index in [1.54, 1.807) is 0 Å². The van der Waals surface area contributed by atoms with Crippen LogP contribution in [0.1, 0.15) is 33.6 Å². The van der Waals surface area contributed by atoms with Crippen molar-refractivity contribution in [2.75, 3.05) is 56.2 Å². The Bertz CT molecular complexity index is 1110. The lowest BCUT2D eigenvalue weighted by Crippen LogP contribution is -2.49. The molecule has 2 saturated heterocycles. The first-order valence-electron chi connectivity index (χ1n) is 12.5. The number of pyridine rings is 3. The van der Waals surface area contributed by atoms with Crippen molar-refractivity contribution >= 4 is 22.4 Å². The summed E-state index contributed by atoms with van der Waals surface area (Å²) in [5, 5.41) is 5.87. The molecule has 0 aliphatic carbocycles. The van der Waals surface area contributed by atoms with Gasteiger partial charge in [0, 0.05) is 86.9 Å². The van der Waals surface area contributed by atoms with Gasteiger partial charge < -0.3 is 15.0 Å². The van der Waals surface area contributed by atoms with Crippen LogP contribution >= 0.6 is 0 Å². The van der Waals surface area contributed by atoms with Crippen molar-refractivity contribution in [3.8, 4) is 11.3 Å². The topological polar surface area (TPSA) is 66.4 Å². The Labute approximate surface area is 202 Å². The van der Waals surface area contributed by atoms with Crippen molar-refractivity contribution in [3.63, 3.8) is 0 Å². The summed E-state index contributed by atoms with van der Waals surface area (Å²) in [5.74, 6) is 1.95. The molecule has 180 valence electrons. The Balaban J connectivity index is 1.41. The van der Waals surface area contributed by atoms with E-state index in [4.69, 9.17) is 9.72 Å². The van der Waals surface area contributed by atoms with Crippen LogP contribution in [0.25, 0.3) is 22.0 Å². The molecule has 0 unspecified atom stereocenters. The van der Waals surface area contributed by atoms with Gasteiger partial charge in [-0.15, -0.1) is 0 Å². The first-order valence-corrected chi connectivity index (χ1v) is 12.5. The summed E-state index contributed by atoms with van der Waals surface area (Å²) in [7, 11) is 0. The summed E-state index contributed by atoms with van der Waals surface area (Å²) < 4.78 is 5.49. The maximum Gasteiger partial charge on any atom is 0.137 e. The largest absolute Gasteiger partial charge is 0.381 e. The minimum atomic E-state index is 0.316. The number of ether oxygens (including phenoxy) is 1. The molecule has 34 heavy (non-hydrogen) atoms. The molecule has 5 rings (SSSR count). The van der Waals surface area contributed by atoms with Crippen LogP contribution in [0.4, 0.5) is 11.6 Å². The van der Waals surface area contributed by atoms with Gasteiger partial charge in [0.25, 0.3) is 0 Å². The van der Waals surface area contributed by atoms with Crippen molar-refractivity contribution in [3.05, 3.63) is 42.9 Å². The predicted molar refractivity (Wildman–Crippen MR) is 138 cm³/mol. The third kappa shape index (κ3) is 5.47. The maximum atomic E-state index is 5.49. The van der Waals surface area contributed by atoms with E-state index in [-0.39, 0.29) is 0 Å². The standard InChI is InChI=1S/C27H36N6O/c1-27(2,3)19-32-10-12-33(13-11-32)26-23-5-8-28-18-21(23)16-24(31-26)20-4-9-29-25(17-20)30-22-6-14-34-15-7-22/h4-5,8-9,16-18,22H,6-7,10-15,19H2,1-3H3,(H,29,30). The van der Waals surface area contributed by atoms with Crippen LogP contribution in [-0.4, -0.2) is 71.8 Å². The molecule has 0 bridgehead atoms. The summed E-state index contributed by atoms with van der Waals surface area (Å²) in [5.41, 5.74) is 2.35. The molecule has 3 aromatic heterocycles. The zero-order valence-electron chi connectivity index (χ0n) is 20.6. The lowest BCUT2D eigenvalue weighted by atomic mass is 9.96. The lowest BCUT2D eigenvalue weighted by Gasteiger charge is -2.38. The van der Waals surface area contributed by atoms with Crippen molar-refractivity contribution in [2.45, 2.75) is 39.7 Å². The lowest BCUT2D eigenvalue weighted by molar-refractivity contribution is 0.0904. The summed E-state index contributed by atoms with van der Waals surface area (Å²) in [6.45, 7) is 13.8. The van der Waals surface area contributed by atoms with E-state index in [1.807, 2.05) is 24.7 Å². The molecule has 2 aliphatic heterocycles. The molecule has 7 nitrogen and oxygen atoms in total. The van der Waals surface area contributed by atoms with Crippen LogP contribution in [0.3, 0.4) is 0 Å². The molecule has 0 amide bonds. The maximum absolute atomic E-state index is 5.49. The van der Waals surface area contributed by atoms with Crippen LogP contribution in [0.15, 0.2) is 42.9 Å². The van der Waals surface area contributed by atoms with Crippen molar-refractivity contribution in [1.29, 1.82) is 0 Å². The minimum absolute atomic E-state index is 0.316. The fourth-order valence-electron chi connectivity index (χ4n) is 4.98. The number of hydrogen-bond donors (Lipinski definition) is 1. The number of nitrogens with one attached hydrogen (secondary N) is 1. The van der Waals surface area contributed by atoms with E-state index in [0.29, 0.717) is 11.5 Å². The van der Waals surface area contributed by atoms with Crippen LogP contribution in [0.5, 0.6) is 0 Å². The average Bonchev–Trinajstić information content (AvgIpc) is 2.84. The molecule has 2 fully saturated rings. The van der Waals surface area contributed by atoms with Crippen LogP contribution in [0.2, 0.25) is 0 Å². The quantitative estimate of drug-likeness (QED) is 0.603. The average molecular weight is 461 g/mol. The van der Waals surface area contributed by atoms with Crippen LogP contribution in [-0.2, 0) is 4.74 Å². The molecular weight excluding hydrogens is 424 g/mol. The highest BCUT2D eigenvalue weighted by Gasteiger charge is 2.24. The fraction of sp³-hybridized carbons (Fsp3) is 0.519. The van der Waals surface area contributed by atoms with Crippen molar-refractivity contribution in [2.24, 2.45) is 5.41 Å². The Morgan fingerprint density at radius 3 is 2.59 bits per heavy atom. The molecule has 1 N–H and O–H groups in total. The number of nitrogens with zero attached hydrogens (tertiary/aromatic N) is 5. The summed E-state index contributed by atoms with van der Waals surface area (Å²) in [6, 6.07) is 8.81. The molecule has 0 saturated carbocycles. The monoisotopic (exact) mass is 460 g/mol. The minimum Gasteiger partial charge on any atom is -0.381 e. The second-order valence-corrected chi connectivity index (χ2v) is 10.7. The van der Waals surface area contributed by atoms with Crippen molar-refractivity contribution in [1.82, 2.24) is 19.9 Å². The Morgan fingerprint density at radius 2 is 1.82 bits per heavy atom. The van der Waals surface area contributed by atoms with E-state index in [0.717, 1.165) is 92.4 Å². The number of aromatic nitrogens is 3.